The van der Waals surface area contributed by atoms with Gasteiger partial charge in [0.25, 0.3) is 5.56 Å². The number of nitrogens with zero attached hydrogens (tertiary/aromatic N) is 2. The van der Waals surface area contributed by atoms with Crippen LogP contribution < -0.4 is 25.1 Å². The third-order valence-corrected chi connectivity index (χ3v) is 4.73. The standard InChI is InChI=1S/C24H27N3O5/c1-16-11-17(2)13-19(12-16)32-10-9-25-23(28)15-27-24(29)8-6-21(26-27)20-14-18(30-3)5-7-22(20)31-4/h5-8,11-14H,9-10,15H2,1-4H3,(H,25,28). The maximum absolute atomic E-state index is 12.3. The largest absolute Gasteiger partial charge is 0.497 e. The molecule has 0 radical (unpaired) electrons. The molecule has 0 aliphatic heterocycles. The summed E-state index contributed by atoms with van der Waals surface area (Å²) < 4.78 is 17.5. The average molecular weight is 437 g/mol. The van der Waals surface area contributed by atoms with E-state index in [2.05, 4.69) is 16.5 Å². The lowest BCUT2D eigenvalue weighted by atomic mass is 10.1. The summed E-state index contributed by atoms with van der Waals surface area (Å²) in [5, 5.41) is 7.09. The maximum atomic E-state index is 12.3. The summed E-state index contributed by atoms with van der Waals surface area (Å²) in [4.78, 5) is 24.6. The van der Waals surface area contributed by atoms with E-state index in [0.29, 0.717) is 35.9 Å². The molecular formula is C24H27N3O5. The predicted molar refractivity (Wildman–Crippen MR) is 121 cm³/mol. The molecule has 32 heavy (non-hydrogen) atoms. The van der Waals surface area contributed by atoms with Gasteiger partial charge in [0.1, 0.15) is 30.4 Å². The molecule has 0 atom stereocenters. The molecule has 0 bridgehead atoms. The van der Waals surface area contributed by atoms with Crippen LogP contribution in [0.1, 0.15) is 11.1 Å². The highest BCUT2D eigenvalue weighted by Gasteiger charge is 2.12. The minimum Gasteiger partial charge on any atom is -0.497 e. The van der Waals surface area contributed by atoms with Crippen LogP contribution in [0, 0.1) is 13.8 Å². The topological polar surface area (TPSA) is 91.7 Å². The van der Waals surface area contributed by atoms with Crippen molar-refractivity contribution in [2.75, 3.05) is 27.4 Å². The van der Waals surface area contributed by atoms with Gasteiger partial charge in [-0.3, -0.25) is 9.59 Å². The van der Waals surface area contributed by atoms with Crippen molar-refractivity contribution >= 4 is 5.91 Å². The minimum absolute atomic E-state index is 0.206. The number of carbonyl (C=O) groups is 1. The first kappa shape index (κ1) is 22.9. The van der Waals surface area contributed by atoms with Gasteiger partial charge in [-0.25, -0.2) is 4.68 Å². The van der Waals surface area contributed by atoms with E-state index in [-0.39, 0.29) is 18.0 Å². The Kier molecular flexibility index (Phi) is 7.49. The highest BCUT2D eigenvalue weighted by Crippen LogP contribution is 2.31. The number of hydrogen-bond acceptors (Lipinski definition) is 6. The third-order valence-electron chi connectivity index (χ3n) is 4.73. The number of carbonyl (C=O) groups excluding carboxylic acids is 1. The summed E-state index contributed by atoms with van der Waals surface area (Å²) in [6, 6.07) is 14.2. The molecule has 1 amide bonds. The van der Waals surface area contributed by atoms with E-state index in [0.717, 1.165) is 21.6 Å². The van der Waals surface area contributed by atoms with Crippen molar-refractivity contribution in [1.82, 2.24) is 15.1 Å². The molecule has 1 heterocycles. The monoisotopic (exact) mass is 437 g/mol. The van der Waals surface area contributed by atoms with Crippen molar-refractivity contribution in [2.45, 2.75) is 20.4 Å². The molecule has 2 aromatic carbocycles. The van der Waals surface area contributed by atoms with Gasteiger partial charge in [-0.1, -0.05) is 6.07 Å². The molecule has 3 rings (SSSR count). The van der Waals surface area contributed by atoms with Crippen molar-refractivity contribution in [3.63, 3.8) is 0 Å². The molecule has 0 fully saturated rings. The van der Waals surface area contributed by atoms with E-state index >= 15 is 0 Å². The summed E-state index contributed by atoms with van der Waals surface area (Å²) in [7, 11) is 3.11. The Labute approximate surface area is 186 Å². The Morgan fingerprint density at radius 1 is 0.969 bits per heavy atom. The van der Waals surface area contributed by atoms with E-state index in [1.165, 1.54) is 6.07 Å². The number of methoxy groups -OCH3 is 2. The molecule has 1 N–H and O–H groups in total. The lowest BCUT2D eigenvalue weighted by Gasteiger charge is -2.12. The van der Waals surface area contributed by atoms with E-state index in [4.69, 9.17) is 14.2 Å². The molecule has 8 heteroatoms. The molecule has 0 aliphatic rings. The number of ether oxygens (including phenoxy) is 3. The van der Waals surface area contributed by atoms with Crippen LogP contribution in [-0.2, 0) is 11.3 Å². The fraction of sp³-hybridized carbons (Fsp3) is 0.292. The number of nitrogens with one attached hydrogen (secondary N) is 1. The van der Waals surface area contributed by atoms with Crippen molar-refractivity contribution in [3.8, 4) is 28.5 Å². The number of amides is 1. The summed E-state index contributed by atoms with van der Waals surface area (Å²) in [6.07, 6.45) is 0. The average Bonchev–Trinajstić information content (AvgIpc) is 2.77. The van der Waals surface area contributed by atoms with Crippen LogP contribution in [0.5, 0.6) is 17.2 Å². The summed E-state index contributed by atoms with van der Waals surface area (Å²) in [6.45, 7) is 4.42. The van der Waals surface area contributed by atoms with E-state index < -0.39 is 0 Å². The van der Waals surface area contributed by atoms with Crippen LogP contribution >= 0.6 is 0 Å². The van der Waals surface area contributed by atoms with Gasteiger partial charge in [0.2, 0.25) is 5.91 Å². The predicted octanol–water partition coefficient (Wildman–Crippen LogP) is 2.74. The van der Waals surface area contributed by atoms with Crippen LogP contribution in [-0.4, -0.2) is 43.1 Å². The molecular weight excluding hydrogens is 410 g/mol. The number of hydrogen-bond donors (Lipinski definition) is 1. The van der Waals surface area contributed by atoms with Gasteiger partial charge in [-0.15, -0.1) is 0 Å². The second-order valence-electron chi connectivity index (χ2n) is 7.30. The summed E-state index contributed by atoms with van der Waals surface area (Å²) in [5.41, 5.74) is 3.00. The minimum atomic E-state index is -0.378. The zero-order valence-electron chi connectivity index (χ0n) is 18.7. The molecule has 0 saturated carbocycles. The molecule has 0 spiro atoms. The van der Waals surface area contributed by atoms with Gasteiger partial charge in [0.15, 0.2) is 0 Å². The molecule has 8 nitrogen and oxygen atoms in total. The fourth-order valence-corrected chi connectivity index (χ4v) is 3.29. The zero-order chi connectivity index (χ0) is 23.1. The molecule has 1 aromatic heterocycles. The lowest BCUT2D eigenvalue weighted by molar-refractivity contribution is -0.122. The van der Waals surface area contributed by atoms with Gasteiger partial charge < -0.3 is 19.5 Å². The second-order valence-corrected chi connectivity index (χ2v) is 7.30. The maximum Gasteiger partial charge on any atom is 0.267 e. The van der Waals surface area contributed by atoms with Crippen molar-refractivity contribution in [2.24, 2.45) is 0 Å². The smallest absolute Gasteiger partial charge is 0.267 e. The van der Waals surface area contributed by atoms with Crippen LogP contribution in [0.3, 0.4) is 0 Å². The Morgan fingerprint density at radius 2 is 1.72 bits per heavy atom. The van der Waals surface area contributed by atoms with E-state index in [1.54, 1.807) is 38.5 Å². The third kappa shape index (κ3) is 5.87. The quantitative estimate of drug-likeness (QED) is 0.518. The highest BCUT2D eigenvalue weighted by molar-refractivity contribution is 5.75. The Morgan fingerprint density at radius 3 is 2.41 bits per heavy atom. The van der Waals surface area contributed by atoms with Gasteiger partial charge in [0.05, 0.1) is 26.5 Å². The Balaban J connectivity index is 1.63. The number of rotatable bonds is 9. The number of benzene rings is 2. The first-order valence-corrected chi connectivity index (χ1v) is 10.2. The lowest BCUT2D eigenvalue weighted by Crippen LogP contribution is -2.35. The van der Waals surface area contributed by atoms with Gasteiger partial charge in [-0.05, 0) is 61.4 Å². The first-order valence-electron chi connectivity index (χ1n) is 10.2. The van der Waals surface area contributed by atoms with Gasteiger partial charge in [-0.2, -0.15) is 5.10 Å². The molecule has 168 valence electrons. The number of aromatic nitrogens is 2. The molecule has 0 unspecified atom stereocenters. The number of aryl methyl sites for hydroxylation is 2. The van der Waals surface area contributed by atoms with Crippen LogP contribution in [0.25, 0.3) is 11.3 Å². The second kappa shape index (κ2) is 10.5. The van der Waals surface area contributed by atoms with Gasteiger partial charge >= 0.3 is 0 Å². The summed E-state index contributed by atoms with van der Waals surface area (Å²) >= 11 is 0. The Bertz CT molecular complexity index is 1140. The van der Waals surface area contributed by atoms with E-state index in [1.807, 2.05) is 26.0 Å². The van der Waals surface area contributed by atoms with Gasteiger partial charge in [0, 0.05) is 11.6 Å². The fourth-order valence-electron chi connectivity index (χ4n) is 3.29. The van der Waals surface area contributed by atoms with Crippen molar-refractivity contribution in [3.05, 3.63) is 70.0 Å². The summed E-state index contributed by atoms with van der Waals surface area (Å²) in [5.74, 6) is 1.63. The van der Waals surface area contributed by atoms with E-state index in [9.17, 15) is 9.59 Å². The van der Waals surface area contributed by atoms with Crippen molar-refractivity contribution < 1.29 is 19.0 Å². The normalized spacial score (nSPS) is 10.5. The molecule has 3 aromatic rings. The highest BCUT2D eigenvalue weighted by atomic mass is 16.5. The van der Waals surface area contributed by atoms with Crippen LogP contribution in [0.4, 0.5) is 0 Å². The first-order chi connectivity index (χ1) is 15.4. The SMILES string of the molecule is COc1ccc(OC)c(-c2ccc(=O)n(CC(=O)NCCOc3cc(C)cc(C)c3)n2)c1. The molecule has 0 aliphatic carbocycles. The van der Waals surface area contributed by atoms with Crippen LogP contribution in [0.15, 0.2) is 53.3 Å². The van der Waals surface area contributed by atoms with Crippen molar-refractivity contribution in [1.29, 1.82) is 0 Å². The van der Waals surface area contributed by atoms with Crippen LogP contribution in [0.2, 0.25) is 0 Å². The zero-order valence-corrected chi connectivity index (χ0v) is 18.7. The Hall–Kier alpha value is -3.81. The molecule has 0 saturated heterocycles.